The van der Waals surface area contributed by atoms with Gasteiger partial charge in [-0.25, -0.2) is 9.97 Å². The summed E-state index contributed by atoms with van der Waals surface area (Å²) in [6, 6.07) is 16.1. The summed E-state index contributed by atoms with van der Waals surface area (Å²) in [4.78, 5) is 13.8. The standard InChI is InChI=1S/C18H13N5S/c1-2-4-14(5-3-1)16-10-15-17(24-16)18(21-12-20-15)23-22-11-13-6-8-19-9-7-13/h1-12H,(H,20,21,23)/b22-11+. The fourth-order valence-corrected chi connectivity index (χ4v) is 3.35. The van der Waals surface area contributed by atoms with Crippen LogP contribution in [-0.2, 0) is 0 Å². The number of thiophene rings is 1. The minimum absolute atomic E-state index is 0.706. The van der Waals surface area contributed by atoms with Gasteiger partial charge in [0.25, 0.3) is 0 Å². The number of benzene rings is 1. The lowest BCUT2D eigenvalue weighted by atomic mass is 10.2. The molecule has 0 bridgehead atoms. The van der Waals surface area contributed by atoms with Crippen LogP contribution in [-0.4, -0.2) is 21.2 Å². The lowest BCUT2D eigenvalue weighted by Gasteiger charge is -1.99. The molecule has 0 amide bonds. The number of pyridine rings is 1. The Morgan fingerprint density at radius 3 is 2.67 bits per heavy atom. The molecule has 0 aliphatic rings. The molecule has 0 spiro atoms. The number of hydrogen-bond acceptors (Lipinski definition) is 6. The summed E-state index contributed by atoms with van der Waals surface area (Å²) in [6.07, 6.45) is 6.75. The highest BCUT2D eigenvalue weighted by atomic mass is 32.1. The van der Waals surface area contributed by atoms with Crippen molar-refractivity contribution in [1.29, 1.82) is 0 Å². The first-order valence-electron chi connectivity index (χ1n) is 7.39. The zero-order valence-corrected chi connectivity index (χ0v) is 13.4. The molecule has 6 heteroatoms. The molecule has 0 aliphatic carbocycles. The van der Waals surface area contributed by atoms with E-state index in [4.69, 9.17) is 0 Å². The van der Waals surface area contributed by atoms with Crippen LogP contribution in [0.1, 0.15) is 5.56 Å². The SMILES string of the molecule is C(=N\Nc1ncnc2cc(-c3ccccc3)sc12)/c1ccncc1. The van der Waals surface area contributed by atoms with Gasteiger partial charge in [0.2, 0.25) is 0 Å². The van der Waals surface area contributed by atoms with E-state index in [1.54, 1.807) is 36.3 Å². The Bertz CT molecular complexity index is 980. The third-order valence-electron chi connectivity index (χ3n) is 3.46. The number of hydrazone groups is 1. The molecule has 116 valence electrons. The van der Waals surface area contributed by atoms with Crippen LogP contribution in [0.4, 0.5) is 5.82 Å². The van der Waals surface area contributed by atoms with Gasteiger partial charge in [0.05, 0.1) is 16.4 Å². The van der Waals surface area contributed by atoms with Crippen molar-refractivity contribution in [2.45, 2.75) is 0 Å². The molecule has 3 aromatic heterocycles. The minimum atomic E-state index is 0.706. The van der Waals surface area contributed by atoms with Crippen LogP contribution in [0, 0.1) is 0 Å². The fourth-order valence-electron chi connectivity index (χ4n) is 2.30. The van der Waals surface area contributed by atoms with Gasteiger partial charge >= 0.3 is 0 Å². The first-order valence-corrected chi connectivity index (χ1v) is 8.21. The van der Waals surface area contributed by atoms with Gasteiger partial charge in [-0.2, -0.15) is 5.10 Å². The van der Waals surface area contributed by atoms with E-state index in [2.05, 4.69) is 43.7 Å². The smallest absolute Gasteiger partial charge is 0.167 e. The van der Waals surface area contributed by atoms with Crippen LogP contribution in [0.5, 0.6) is 0 Å². The largest absolute Gasteiger partial charge is 0.265 e. The van der Waals surface area contributed by atoms with Gasteiger partial charge in [0, 0.05) is 17.3 Å². The first-order chi connectivity index (χ1) is 11.9. The summed E-state index contributed by atoms with van der Waals surface area (Å²) in [6.45, 7) is 0. The highest BCUT2D eigenvalue weighted by Gasteiger charge is 2.09. The number of hydrogen-bond donors (Lipinski definition) is 1. The summed E-state index contributed by atoms with van der Waals surface area (Å²) in [5.41, 5.74) is 6.07. The molecule has 24 heavy (non-hydrogen) atoms. The van der Waals surface area contributed by atoms with E-state index >= 15 is 0 Å². The van der Waals surface area contributed by atoms with E-state index in [-0.39, 0.29) is 0 Å². The normalized spacial score (nSPS) is 11.2. The second-order valence-electron chi connectivity index (χ2n) is 5.06. The highest BCUT2D eigenvalue weighted by molar-refractivity contribution is 7.22. The molecule has 1 aromatic carbocycles. The molecule has 0 radical (unpaired) electrons. The molecule has 3 heterocycles. The lowest BCUT2D eigenvalue weighted by molar-refractivity contribution is 1.19. The van der Waals surface area contributed by atoms with Crippen molar-refractivity contribution in [2.75, 3.05) is 5.43 Å². The molecule has 0 fully saturated rings. The number of fused-ring (bicyclic) bond motifs is 1. The number of anilines is 1. The van der Waals surface area contributed by atoms with Gasteiger partial charge in [-0.05, 0) is 29.3 Å². The highest BCUT2D eigenvalue weighted by Crippen LogP contribution is 2.35. The molecule has 0 unspecified atom stereocenters. The Hall–Kier alpha value is -3.12. The van der Waals surface area contributed by atoms with Gasteiger partial charge < -0.3 is 0 Å². The van der Waals surface area contributed by atoms with Crippen molar-refractivity contribution in [3.63, 3.8) is 0 Å². The molecule has 0 atom stereocenters. The van der Waals surface area contributed by atoms with Crippen LogP contribution in [0.2, 0.25) is 0 Å². The topological polar surface area (TPSA) is 63.1 Å². The zero-order valence-electron chi connectivity index (χ0n) is 12.6. The fraction of sp³-hybridized carbons (Fsp3) is 0. The maximum Gasteiger partial charge on any atom is 0.167 e. The van der Waals surface area contributed by atoms with Crippen molar-refractivity contribution in [3.8, 4) is 10.4 Å². The molecule has 0 saturated heterocycles. The van der Waals surface area contributed by atoms with Crippen LogP contribution >= 0.6 is 11.3 Å². The molecular formula is C18H13N5S. The minimum Gasteiger partial charge on any atom is -0.265 e. The number of rotatable bonds is 4. The van der Waals surface area contributed by atoms with E-state index in [9.17, 15) is 0 Å². The van der Waals surface area contributed by atoms with Gasteiger partial charge in [-0.3, -0.25) is 10.4 Å². The summed E-state index contributed by atoms with van der Waals surface area (Å²) < 4.78 is 0.989. The summed E-state index contributed by atoms with van der Waals surface area (Å²) in [5.74, 6) is 0.706. The molecule has 4 rings (SSSR count). The monoisotopic (exact) mass is 331 g/mol. The third-order valence-corrected chi connectivity index (χ3v) is 4.64. The average Bonchev–Trinajstić information content (AvgIpc) is 3.09. The number of nitrogens with one attached hydrogen (secondary N) is 1. The quantitative estimate of drug-likeness (QED) is 0.450. The average molecular weight is 331 g/mol. The van der Waals surface area contributed by atoms with E-state index < -0.39 is 0 Å². The van der Waals surface area contributed by atoms with Gasteiger partial charge in [-0.15, -0.1) is 11.3 Å². The Kier molecular flexibility index (Phi) is 3.95. The van der Waals surface area contributed by atoms with E-state index in [0.29, 0.717) is 5.82 Å². The van der Waals surface area contributed by atoms with Gasteiger partial charge in [-0.1, -0.05) is 30.3 Å². The van der Waals surface area contributed by atoms with E-state index in [0.717, 1.165) is 20.7 Å². The molecular weight excluding hydrogens is 318 g/mol. The second-order valence-corrected chi connectivity index (χ2v) is 6.12. The van der Waals surface area contributed by atoms with Crippen LogP contribution in [0.15, 0.2) is 72.4 Å². The van der Waals surface area contributed by atoms with Crippen molar-refractivity contribution in [3.05, 3.63) is 72.8 Å². The van der Waals surface area contributed by atoms with Crippen molar-refractivity contribution in [2.24, 2.45) is 5.10 Å². The van der Waals surface area contributed by atoms with Crippen molar-refractivity contribution < 1.29 is 0 Å². The Balaban J connectivity index is 1.64. The number of aromatic nitrogens is 3. The predicted octanol–water partition coefficient (Wildman–Crippen LogP) is 4.20. The van der Waals surface area contributed by atoms with Crippen molar-refractivity contribution in [1.82, 2.24) is 15.0 Å². The Morgan fingerprint density at radius 1 is 1.00 bits per heavy atom. The molecule has 4 aromatic rings. The predicted molar refractivity (Wildman–Crippen MR) is 98.3 cm³/mol. The van der Waals surface area contributed by atoms with Crippen LogP contribution in [0.25, 0.3) is 20.7 Å². The molecule has 0 aliphatic heterocycles. The lowest BCUT2D eigenvalue weighted by Crippen LogP contribution is -1.94. The summed E-state index contributed by atoms with van der Waals surface area (Å²) in [5, 5.41) is 4.26. The Morgan fingerprint density at radius 2 is 1.83 bits per heavy atom. The molecule has 1 N–H and O–H groups in total. The van der Waals surface area contributed by atoms with Crippen LogP contribution < -0.4 is 5.43 Å². The van der Waals surface area contributed by atoms with Gasteiger partial charge in [0.1, 0.15) is 6.33 Å². The zero-order chi connectivity index (χ0) is 16.2. The molecule has 5 nitrogen and oxygen atoms in total. The second kappa shape index (κ2) is 6.55. The van der Waals surface area contributed by atoms with E-state index in [1.807, 2.05) is 30.3 Å². The third kappa shape index (κ3) is 3.00. The van der Waals surface area contributed by atoms with Crippen LogP contribution in [0.3, 0.4) is 0 Å². The first kappa shape index (κ1) is 14.5. The van der Waals surface area contributed by atoms with E-state index in [1.165, 1.54) is 5.56 Å². The summed E-state index contributed by atoms with van der Waals surface area (Å²) in [7, 11) is 0. The maximum atomic E-state index is 4.35. The number of nitrogens with zero attached hydrogens (tertiary/aromatic N) is 4. The van der Waals surface area contributed by atoms with Gasteiger partial charge in [0.15, 0.2) is 5.82 Å². The maximum absolute atomic E-state index is 4.35. The summed E-state index contributed by atoms with van der Waals surface area (Å²) >= 11 is 1.65. The molecule has 0 saturated carbocycles. The van der Waals surface area contributed by atoms with Crippen molar-refractivity contribution >= 4 is 33.6 Å². The Labute approximate surface area is 142 Å².